The Bertz CT molecular complexity index is 1760. The fourth-order valence-electron chi connectivity index (χ4n) is 6.24. The number of phenolic OH excluding ortho intramolecular Hbond substituents is 1. The number of phenols is 1. The molecule has 1 aromatic carbocycles. The Morgan fingerprint density at radius 3 is 1.92 bits per heavy atom. The van der Waals surface area contributed by atoms with Crippen molar-refractivity contribution in [3.63, 3.8) is 0 Å². The van der Waals surface area contributed by atoms with Gasteiger partial charge in [0, 0.05) is 69.4 Å². The van der Waals surface area contributed by atoms with E-state index in [0.29, 0.717) is 32.2 Å². The largest absolute Gasteiger partial charge is 0.506 e. The number of carbonyl (C=O) groups excluding carboxylic acids is 8. The Morgan fingerprint density at radius 1 is 0.721 bits per heavy atom. The summed E-state index contributed by atoms with van der Waals surface area (Å²) in [6, 6.07) is 3.34. The van der Waals surface area contributed by atoms with E-state index >= 15 is 0 Å². The average Bonchev–Trinajstić information content (AvgIpc) is 3.71. The lowest BCUT2D eigenvalue weighted by Crippen LogP contribution is -2.47. The number of rotatable bonds is 30. The number of anilines is 1. The van der Waals surface area contributed by atoms with Crippen LogP contribution in [-0.4, -0.2) is 138 Å². The van der Waals surface area contributed by atoms with E-state index in [9.17, 15) is 48.3 Å². The van der Waals surface area contributed by atoms with E-state index in [0.717, 1.165) is 27.5 Å². The topological polar surface area (TPSA) is 293 Å². The highest BCUT2D eigenvalue weighted by molar-refractivity contribution is 6.13. The number of ether oxygens (including phenoxy) is 2. The van der Waals surface area contributed by atoms with Gasteiger partial charge in [-0.3, -0.25) is 53.0 Å². The first-order valence-electron chi connectivity index (χ1n) is 20.3. The molecule has 0 spiro atoms. The van der Waals surface area contributed by atoms with Crippen molar-refractivity contribution in [3.05, 3.63) is 48.1 Å². The standard InChI is InChI=1S/C41H57N7O13/c1-27(41(58)59)24-29(42)25-28-9-10-32(49)31(26-28)46-35(52)15-20-60-22-23-61-21-17-44-40(57)30(45-34(51)8-5-19-48-38(55)13-14-39(48)56)6-2-3-16-43-33(50)7-4-18-47-36(53)11-12-37(47)54/h9-14,26-27,29-30,49H,2-8,15-25,42H2,1H3,(H,43,50)(H,44,57)(H,45,51)(H,46,52)(H,58,59)/t27?,29-,30+/m1/s1. The maximum atomic E-state index is 13.1. The van der Waals surface area contributed by atoms with Crippen molar-refractivity contribution in [1.29, 1.82) is 0 Å². The second-order valence-corrected chi connectivity index (χ2v) is 14.6. The van der Waals surface area contributed by atoms with Crippen LogP contribution in [0.2, 0.25) is 0 Å². The van der Waals surface area contributed by atoms with Gasteiger partial charge in [-0.05, 0) is 62.6 Å². The number of benzene rings is 1. The number of carbonyl (C=O) groups is 9. The first kappa shape index (κ1) is 49.4. The molecule has 0 radical (unpaired) electrons. The highest BCUT2D eigenvalue weighted by Gasteiger charge is 2.25. The number of aliphatic carboxylic acids is 1. The van der Waals surface area contributed by atoms with Crippen molar-refractivity contribution < 1.29 is 62.8 Å². The zero-order valence-electron chi connectivity index (χ0n) is 34.4. The number of nitrogens with zero attached hydrogens (tertiary/aromatic N) is 2. The summed E-state index contributed by atoms with van der Waals surface area (Å²) < 4.78 is 11.0. The molecule has 334 valence electrons. The average molecular weight is 856 g/mol. The van der Waals surface area contributed by atoms with Gasteiger partial charge in [0.15, 0.2) is 0 Å². The lowest BCUT2D eigenvalue weighted by atomic mass is 9.96. The number of carboxylic acids is 1. The third-order valence-corrected chi connectivity index (χ3v) is 9.57. The Morgan fingerprint density at radius 2 is 1.31 bits per heavy atom. The van der Waals surface area contributed by atoms with Gasteiger partial charge >= 0.3 is 5.97 Å². The predicted octanol–water partition coefficient (Wildman–Crippen LogP) is 0.0325. The number of amides is 8. The van der Waals surface area contributed by atoms with Crippen LogP contribution < -0.4 is 27.0 Å². The lowest BCUT2D eigenvalue weighted by molar-refractivity contribution is -0.141. The number of unbranched alkanes of at least 4 members (excludes halogenated alkanes) is 1. The summed E-state index contributed by atoms with van der Waals surface area (Å²) in [7, 11) is 0. The lowest BCUT2D eigenvalue weighted by Gasteiger charge is -2.19. The molecule has 2 heterocycles. The van der Waals surface area contributed by atoms with Gasteiger partial charge in [-0.1, -0.05) is 13.0 Å². The summed E-state index contributed by atoms with van der Waals surface area (Å²) in [5.41, 5.74) is 7.01. The smallest absolute Gasteiger partial charge is 0.306 e. The molecule has 3 atom stereocenters. The van der Waals surface area contributed by atoms with Crippen LogP contribution in [0.5, 0.6) is 5.75 Å². The van der Waals surface area contributed by atoms with Crippen LogP contribution in [0.3, 0.4) is 0 Å². The number of nitrogens with two attached hydrogens (primary N) is 1. The normalized spacial score (nSPS) is 14.9. The van der Waals surface area contributed by atoms with E-state index in [-0.39, 0.29) is 102 Å². The summed E-state index contributed by atoms with van der Waals surface area (Å²) in [6.07, 6.45) is 7.12. The molecule has 20 nitrogen and oxygen atoms in total. The summed E-state index contributed by atoms with van der Waals surface area (Å²) in [4.78, 5) is 111. The zero-order valence-corrected chi connectivity index (χ0v) is 34.4. The quantitative estimate of drug-likeness (QED) is 0.0306. The fourth-order valence-corrected chi connectivity index (χ4v) is 6.24. The minimum Gasteiger partial charge on any atom is -0.506 e. The van der Waals surface area contributed by atoms with Crippen LogP contribution in [-0.2, 0) is 59.0 Å². The molecule has 0 saturated carbocycles. The number of aromatic hydroxyl groups is 1. The summed E-state index contributed by atoms with van der Waals surface area (Å²) >= 11 is 0. The Labute approximate surface area is 353 Å². The van der Waals surface area contributed by atoms with Crippen molar-refractivity contribution >= 4 is 58.9 Å². The molecule has 0 fully saturated rings. The number of imide groups is 2. The molecular weight excluding hydrogens is 798 g/mol. The summed E-state index contributed by atoms with van der Waals surface area (Å²) in [6.45, 7) is 2.70. The fraction of sp³-hybridized carbons (Fsp3) is 0.537. The maximum Gasteiger partial charge on any atom is 0.306 e. The van der Waals surface area contributed by atoms with Crippen LogP contribution in [0.1, 0.15) is 70.3 Å². The van der Waals surface area contributed by atoms with Crippen LogP contribution in [0.4, 0.5) is 5.69 Å². The summed E-state index contributed by atoms with van der Waals surface area (Å²) in [5, 5.41) is 30.1. The van der Waals surface area contributed by atoms with Crippen molar-refractivity contribution in [2.45, 2.75) is 83.2 Å². The zero-order chi connectivity index (χ0) is 44.7. The van der Waals surface area contributed by atoms with Crippen molar-refractivity contribution in [1.82, 2.24) is 25.8 Å². The minimum atomic E-state index is -0.935. The molecule has 61 heavy (non-hydrogen) atoms. The molecule has 3 rings (SSSR count). The first-order chi connectivity index (χ1) is 29.1. The SMILES string of the molecule is CC(C[C@@H](N)Cc1ccc(O)c(NC(=O)CCOCCOCCNC(=O)[C@H](CCCCNC(=O)CCCN2C(=O)C=CC2=O)NC(=O)CCCN2C(=O)C=CC2=O)c1)C(=O)O. The number of carboxylic acid groups (broad SMARTS) is 1. The first-order valence-corrected chi connectivity index (χ1v) is 20.3. The van der Waals surface area contributed by atoms with Gasteiger partial charge < -0.3 is 46.7 Å². The van der Waals surface area contributed by atoms with E-state index in [1.807, 2.05) is 0 Å². The van der Waals surface area contributed by atoms with E-state index in [4.69, 9.17) is 20.3 Å². The molecular formula is C41H57N7O13. The molecule has 2 aliphatic heterocycles. The van der Waals surface area contributed by atoms with Crippen molar-refractivity contribution in [2.75, 3.05) is 57.9 Å². The third kappa shape index (κ3) is 18.4. The maximum absolute atomic E-state index is 13.1. The molecule has 0 aliphatic carbocycles. The van der Waals surface area contributed by atoms with Gasteiger partial charge in [0.25, 0.3) is 23.6 Å². The Kier molecular flexibility index (Phi) is 21.3. The summed E-state index contributed by atoms with van der Waals surface area (Å²) in [5.74, 6) is -4.94. The van der Waals surface area contributed by atoms with Gasteiger partial charge in [0.1, 0.15) is 11.8 Å². The Hall–Kier alpha value is -5.99. The second kappa shape index (κ2) is 26.3. The Balaban J connectivity index is 1.32. The van der Waals surface area contributed by atoms with Gasteiger partial charge in [0.05, 0.1) is 44.5 Å². The minimum absolute atomic E-state index is 0.0101. The highest BCUT2D eigenvalue weighted by atomic mass is 16.5. The third-order valence-electron chi connectivity index (χ3n) is 9.57. The molecule has 8 amide bonds. The molecule has 1 aromatic rings. The second-order valence-electron chi connectivity index (χ2n) is 14.6. The van der Waals surface area contributed by atoms with E-state index in [1.165, 1.54) is 18.2 Å². The van der Waals surface area contributed by atoms with Crippen LogP contribution >= 0.6 is 0 Å². The van der Waals surface area contributed by atoms with Gasteiger partial charge in [-0.15, -0.1) is 0 Å². The molecule has 0 aromatic heterocycles. The van der Waals surface area contributed by atoms with E-state index < -0.39 is 65.3 Å². The van der Waals surface area contributed by atoms with E-state index in [2.05, 4.69) is 21.3 Å². The molecule has 0 saturated heterocycles. The van der Waals surface area contributed by atoms with Crippen LogP contribution in [0, 0.1) is 5.92 Å². The van der Waals surface area contributed by atoms with E-state index in [1.54, 1.807) is 19.1 Å². The molecule has 20 heteroatoms. The number of hydrogen-bond donors (Lipinski definition) is 7. The van der Waals surface area contributed by atoms with Crippen molar-refractivity contribution in [2.24, 2.45) is 11.7 Å². The van der Waals surface area contributed by atoms with Crippen LogP contribution in [0.25, 0.3) is 0 Å². The predicted molar refractivity (Wildman–Crippen MR) is 218 cm³/mol. The molecule has 8 N–H and O–H groups in total. The number of nitrogens with one attached hydrogen (secondary N) is 4. The molecule has 2 aliphatic rings. The van der Waals surface area contributed by atoms with Gasteiger partial charge in [-0.25, -0.2) is 0 Å². The van der Waals surface area contributed by atoms with Gasteiger partial charge in [0.2, 0.25) is 23.6 Å². The monoisotopic (exact) mass is 855 g/mol. The number of hydrogen-bond acceptors (Lipinski definition) is 13. The van der Waals surface area contributed by atoms with Gasteiger partial charge in [-0.2, -0.15) is 0 Å². The molecule has 1 unspecified atom stereocenters. The molecule has 0 bridgehead atoms. The van der Waals surface area contributed by atoms with Crippen molar-refractivity contribution in [3.8, 4) is 5.75 Å². The van der Waals surface area contributed by atoms with Crippen LogP contribution in [0.15, 0.2) is 42.5 Å². The highest BCUT2D eigenvalue weighted by Crippen LogP contribution is 2.25.